The summed E-state index contributed by atoms with van der Waals surface area (Å²) in [6.07, 6.45) is 9.08. The van der Waals surface area contributed by atoms with Gasteiger partial charge in [0.05, 0.1) is 5.69 Å². The molecular weight excluding hydrogens is 444 g/mol. The van der Waals surface area contributed by atoms with Crippen LogP contribution in [0.4, 0.5) is 0 Å². The van der Waals surface area contributed by atoms with Gasteiger partial charge >= 0.3 is 0 Å². The molecule has 2 aromatic carbocycles. The second-order valence-corrected chi connectivity index (χ2v) is 11.4. The number of fused-ring (bicyclic) bond motifs is 2. The van der Waals surface area contributed by atoms with Gasteiger partial charge in [-0.3, -0.25) is 9.78 Å². The van der Waals surface area contributed by atoms with E-state index in [0.717, 1.165) is 35.8 Å². The van der Waals surface area contributed by atoms with E-state index in [-0.39, 0.29) is 17.4 Å². The van der Waals surface area contributed by atoms with E-state index in [9.17, 15) is 4.79 Å². The fraction of sp³-hybridized carbons (Fsp3) is 0.438. The number of hydrogen-bond donors (Lipinski definition) is 1. The Bertz CT molecular complexity index is 1200. The first-order valence-corrected chi connectivity index (χ1v) is 13.6. The first-order valence-electron chi connectivity index (χ1n) is 13.6. The third-order valence-electron chi connectivity index (χ3n) is 8.64. The molecule has 3 fully saturated rings. The Morgan fingerprint density at radius 2 is 1.67 bits per heavy atom. The van der Waals surface area contributed by atoms with Gasteiger partial charge in [-0.15, -0.1) is 0 Å². The molecule has 36 heavy (non-hydrogen) atoms. The number of carbonyl (C=O) groups excluding carboxylic acids is 1. The average molecular weight is 481 g/mol. The summed E-state index contributed by atoms with van der Waals surface area (Å²) in [5.74, 6) is 2.69. The minimum atomic E-state index is -0.0807. The Balaban J connectivity index is 1.27. The summed E-state index contributed by atoms with van der Waals surface area (Å²) in [4.78, 5) is 17.1. The van der Waals surface area contributed by atoms with Crippen LogP contribution in [0, 0.1) is 17.8 Å². The van der Waals surface area contributed by atoms with E-state index in [1.165, 1.54) is 36.8 Å². The standard InChI is InChI=1S/C32H36N2O2/c1-21(2)30(29-5-3-4-18-33-29)36-28-16-12-25(13-17-28)32(20-22-6-9-26(32)19-22)24-10-7-23(8-11-24)31(35)34-27-14-15-27/h3-5,7-8,10-13,16-18,21-22,26-27,30H,6,9,14-15,19-20H2,1-2H3,(H,34,35)/t22-,26+,30?,32+/m1/s1. The molecule has 186 valence electrons. The predicted molar refractivity (Wildman–Crippen MR) is 142 cm³/mol. The normalized spacial score (nSPS) is 25.6. The first kappa shape index (κ1) is 23.3. The van der Waals surface area contributed by atoms with Crippen LogP contribution in [0.5, 0.6) is 5.75 Å². The van der Waals surface area contributed by atoms with Crippen LogP contribution in [0.3, 0.4) is 0 Å². The van der Waals surface area contributed by atoms with Crippen LogP contribution in [0.15, 0.2) is 72.9 Å². The maximum absolute atomic E-state index is 12.6. The molecule has 0 radical (unpaired) electrons. The van der Waals surface area contributed by atoms with Gasteiger partial charge in [0.15, 0.2) is 0 Å². The summed E-state index contributed by atoms with van der Waals surface area (Å²) in [6, 6.07) is 23.7. The monoisotopic (exact) mass is 480 g/mol. The molecule has 4 heteroatoms. The summed E-state index contributed by atoms with van der Waals surface area (Å²) in [7, 11) is 0. The quantitative estimate of drug-likeness (QED) is 0.383. The van der Waals surface area contributed by atoms with Gasteiger partial charge in [-0.2, -0.15) is 0 Å². The van der Waals surface area contributed by atoms with Crippen LogP contribution in [0.2, 0.25) is 0 Å². The minimum absolute atomic E-state index is 0.0192. The van der Waals surface area contributed by atoms with Crippen molar-refractivity contribution in [3.63, 3.8) is 0 Å². The van der Waals surface area contributed by atoms with Crippen molar-refractivity contribution in [2.45, 2.75) is 69.9 Å². The highest BCUT2D eigenvalue weighted by Crippen LogP contribution is 2.60. The molecule has 2 bridgehead atoms. The first-order chi connectivity index (χ1) is 17.5. The zero-order chi connectivity index (χ0) is 24.7. The summed E-state index contributed by atoms with van der Waals surface area (Å²) >= 11 is 0. The molecular formula is C32H36N2O2. The maximum atomic E-state index is 12.6. The van der Waals surface area contributed by atoms with Gasteiger partial charge in [-0.1, -0.05) is 50.6 Å². The second-order valence-electron chi connectivity index (χ2n) is 11.4. The minimum Gasteiger partial charge on any atom is -0.484 e. The molecule has 3 saturated carbocycles. The molecule has 1 N–H and O–H groups in total. The van der Waals surface area contributed by atoms with Gasteiger partial charge in [0.2, 0.25) is 0 Å². The van der Waals surface area contributed by atoms with Crippen molar-refractivity contribution < 1.29 is 9.53 Å². The van der Waals surface area contributed by atoms with Crippen LogP contribution >= 0.6 is 0 Å². The van der Waals surface area contributed by atoms with E-state index in [1.54, 1.807) is 0 Å². The van der Waals surface area contributed by atoms with Crippen molar-refractivity contribution in [3.8, 4) is 5.75 Å². The summed E-state index contributed by atoms with van der Waals surface area (Å²) in [5.41, 5.74) is 4.47. The van der Waals surface area contributed by atoms with Crippen molar-refractivity contribution in [2.75, 3.05) is 0 Å². The molecule has 0 spiro atoms. The molecule has 3 aliphatic carbocycles. The third kappa shape index (κ3) is 4.31. The zero-order valence-electron chi connectivity index (χ0n) is 21.3. The summed E-state index contributed by atoms with van der Waals surface area (Å²) < 4.78 is 6.45. The number of aromatic nitrogens is 1. The predicted octanol–water partition coefficient (Wildman–Crippen LogP) is 6.86. The van der Waals surface area contributed by atoms with Gasteiger partial charge < -0.3 is 10.1 Å². The van der Waals surface area contributed by atoms with Crippen LogP contribution in [0.25, 0.3) is 0 Å². The number of hydrogen-bond acceptors (Lipinski definition) is 3. The maximum Gasteiger partial charge on any atom is 0.251 e. The largest absolute Gasteiger partial charge is 0.484 e. The Hall–Kier alpha value is -3.14. The van der Waals surface area contributed by atoms with Crippen molar-refractivity contribution in [3.05, 3.63) is 95.3 Å². The van der Waals surface area contributed by atoms with Gasteiger partial charge in [0, 0.05) is 23.2 Å². The van der Waals surface area contributed by atoms with E-state index in [2.05, 4.69) is 60.5 Å². The lowest BCUT2D eigenvalue weighted by molar-refractivity contribution is 0.0951. The number of pyridine rings is 1. The van der Waals surface area contributed by atoms with Crippen molar-refractivity contribution in [1.82, 2.24) is 10.3 Å². The van der Waals surface area contributed by atoms with Crippen molar-refractivity contribution in [1.29, 1.82) is 0 Å². The van der Waals surface area contributed by atoms with Gasteiger partial charge in [-0.25, -0.2) is 0 Å². The highest BCUT2D eigenvalue weighted by molar-refractivity contribution is 5.94. The van der Waals surface area contributed by atoms with E-state index in [0.29, 0.717) is 17.9 Å². The molecule has 4 nitrogen and oxygen atoms in total. The van der Waals surface area contributed by atoms with Crippen LogP contribution < -0.4 is 10.1 Å². The number of carbonyl (C=O) groups is 1. The van der Waals surface area contributed by atoms with Crippen molar-refractivity contribution in [2.24, 2.45) is 17.8 Å². The summed E-state index contributed by atoms with van der Waals surface area (Å²) in [5, 5.41) is 3.11. The van der Waals surface area contributed by atoms with Crippen LogP contribution in [-0.4, -0.2) is 16.9 Å². The Morgan fingerprint density at radius 1 is 0.944 bits per heavy atom. The number of benzene rings is 2. The highest BCUT2D eigenvalue weighted by Gasteiger charge is 2.52. The van der Waals surface area contributed by atoms with E-state index < -0.39 is 0 Å². The third-order valence-corrected chi connectivity index (χ3v) is 8.64. The number of nitrogens with one attached hydrogen (secondary N) is 1. The van der Waals surface area contributed by atoms with E-state index in [1.807, 2.05) is 36.5 Å². The lowest BCUT2D eigenvalue weighted by atomic mass is 9.64. The van der Waals surface area contributed by atoms with Crippen molar-refractivity contribution >= 4 is 5.91 Å². The van der Waals surface area contributed by atoms with E-state index in [4.69, 9.17) is 4.74 Å². The van der Waals surface area contributed by atoms with Crippen LogP contribution in [0.1, 0.15) is 85.7 Å². The average Bonchev–Trinajstić information content (AvgIpc) is 3.48. The van der Waals surface area contributed by atoms with E-state index >= 15 is 0 Å². The Labute approximate surface area is 214 Å². The molecule has 1 amide bonds. The molecule has 1 unspecified atom stereocenters. The molecule has 4 atom stereocenters. The van der Waals surface area contributed by atoms with Gasteiger partial charge in [0.25, 0.3) is 5.91 Å². The molecule has 0 saturated heterocycles. The molecule has 6 rings (SSSR count). The smallest absolute Gasteiger partial charge is 0.251 e. The zero-order valence-corrected chi connectivity index (χ0v) is 21.3. The van der Waals surface area contributed by atoms with Gasteiger partial charge in [-0.05, 0) is 97.4 Å². The Morgan fingerprint density at radius 3 is 2.22 bits per heavy atom. The summed E-state index contributed by atoms with van der Waals surface area (Å²) in [6.45, 7) is 4.35. The lowest BCUT2D eigenvalue weighted by Gasteiger charge is -2.39. The Kier molecular flexibility index (Phi) is 6.07. The van der Waals surface area contributed by atoms with Gasteiger partial charge in [0.1, 0.15) is 11.9 Å². The van der Waals surface area contributed by atoms with Crippen LogP contribution in [-0.2, 0) is 5.41 Å². The number of amides is 1. The number of ether oxygens (including phenoxy) is 1. The highest BCUT2D eigenvalue weighted by atomic mass is 16.5. The number of nitrogens with zero attached hydrogens (tertiary/aromatic N) is 1. The molecule has 3 aromatic rings. The molecule has 1 heterocycles. The molecule has 0 aliphatic heterocycles. The molecule has 1 aromatic heterocycles. The SMILES string of the molecule is CC(C)C(Oc1ccc([C@@]2(c3ccc(C(=O)NC4CC4)cc3)C[C@@H]3CC[C@H]2C3)cc1)c1ccccn1. The lowest BCUT2D eigenvalue weighted by Crippen LogP contribution is -2.34. The number of rotatable bonds is 8. The second kappa shape index (κ2) is 9.38. The fourth-order valence-corrected chi connectivity index (χ4v) is 6.68. The molecule has 3 aliphatic rings. The fourth-order valence-electron chi connectivity index (χ4n) is 6.68. The topological polar surface area (TPSA) is 51.2 Å².